The fraction of sp³-hybridized carbons (Fsp3) is 0.579. The van der Waals surface area contributed by atoms with Crippen LogP contribution in [-0.4, -0.2) is 53.1 Å². The smallest absolute Gasteiger partial charge is 0.194 e. The SMILES string of the molecule is CCNC(=NCc1nccn1CC(C)C)N1CCN(c2cccs2)CC1. The van der Waals surface area contributed by atoms with E-state index in [1.165, 1.54) is 5.00 Å². The number of thiophene rings is 1. The molecule has 6 nitrogen and oxygen atoms in total. The quantitative estimate of drug-likeness (QED) is 0.624. The first-order valence-electron chi connectivity index (χ1n) is 9.49. The number of aliphatic imine (C=N–C) groups is 1. The number of hydrogen-bond acceptors (Lipinski definition) is 4. The van der Waals surface area contributed by atoms with E-state index in [1.54, 1.807) is 0 Å². The van der Waals surface area contributed by atoms with Crippen LogP contribution in [0.4, 0.5) is 5.00 Å². The van der Waals surface area contributed by atoms with E-state index in [0.717, 1.165) is 51.1 Å². The molecule has 1 aliphatic rings. The monoisotopic (exact) mass is 374 g/mol. The van der Waals surface area contributed by atoms with Gasteiger partial charge in [0.25, 0.3) is 0 Å². The van der Waals surface area contributed by atoms with Crippen LogP contribution >= 0.6 is 11.3 Å². The molecule has 2 aromatic heterocycles. The van der Waals surface area contributed by atoms with Crippen LogP contribution in [0.2, 0.25) is 0 Å². The van der Waals surface area contributed by atoms with E-state index in [2.05, 4.69) is 69.1 Å². The molecule has 1 fully saturated rings. The zero-order valence-electron chi connectivity index (χ0n) is 16.1. The third-order valence-corrected chi connectivity index (χ3v) is 5.39. The maximum absolute atomic E-state index is 4.87. The lowest BCUT2D eigenvalue weighted by molar-refractivity contribution is 0.373. The van der Waals surface area contributed by atoms with Crippen LogP contribution in [0, 0.1) is 5.92 Å². The second-order valence-electron chi connectivity index (χ2n) is 6.99. The van der Waals surface area contributed by atoms with Crippen molar-refractivity contribution in [2.24, 2.45) is 10.9 Å². The summed E-state index contributed by atoms with van der Waals surface area (Å²) in [5.41, 5.74) is 0. The van der Waals surface area contributed by atoms with E-state index >= 15 is 0 Å². The lowest BCUT2D eigenvalue weighted by atomic mass is 10.2. The van der Waals surface area contributed by atoms with E-state index in [0.29, 0.717) is 12.5 Å². The first-order valence-corrected chi connectivity index (χ1v) is 10.4. The molecule has 0 spiro atoms. The average molecular weight is 375 g/mol. The van der Waals surface area contributed by atoms with Crippen LogP contribution < -0.4 is 10.2 Å². The van der Waals surface area contributed by atoms with E-state index in [-0.39, 0.29) is 0 Å². The summed E-state index contributed by atoms with van der Waals surface area (Å²) in [7, 11) is 0. The molecule has 0 bridgehead atoms. The Morgan fingerprint density at radius 2 is 2.12 bits per heavy atom. The number of guanidine groups is 1. The fourth-order valence-corrected chi connectivity index (χ4v) is 4.00. The van der Waals surface area contributed by atoms with Crippen LogP contribution in [0.1, 0.15) is 26.6 Å². The lowest BCUT2D eigenvalue weighted by Crippen LogP contribution is -2.52. The molecule has 0 atom stereocenters. The Morgan fingerprint density at radius 3 is 2.77 bits per heavy atom. The van der Waals surface area contributed by atoms with Crippen LogP contribution in [0.5, 0.6) is 0 Å². The van der Waals surface area contributed by atoms with Gasteiger partial charge in [-0.15, -0.1) is 11.3 Å². The van der Waals surface area contributed by atoms with Gasteiger partial charge in [0.15, 0.2) is 5.96 Å². The van der Waals surface area contributed by atoms with Crippen molar-refractivity contribution >= 4 is 22.3 Å². The van der Waals surface area contributed by atoms with Crippen molar-refractivity contribution in [1.82, 2.24) is 19.8 Å². The zero-order valence-corrected chi connectivity index (χ0v) is 16.9. The highest BCUT2D eigenvalue weighted by Gasteiger charge is 2.20. The van der Waals surface area contributed by atoms with Gasteiger partial charge in [0.05, 0.1) is 5.00 Å². The van der Waals surface area contributed by atoms with E-state index in [1.807, 2.05) is 17.5 Å². The van der Waals surface area contributed by atoms with Gasteiger partial charge in [-0.05, 0) is 30.4 Å². The predicted molar refractivity (Wildman–Crippen MR) is 110 cm³/mol. The molecule has 2 aromatic rings. The van der Waals surface area contributed by atoms with Gasteiger partial charge in [-0.25, -0.2) is 9.98 Å². The molecule has 0 aromatic carbocycles. The minimum absolute atomic E-state index is 0.602. The average Bonchev–Trinajstić information content (AvgIpc) is 3.30. The van der Waals surface area contributed by atoms with Crippen LogP contribution in [0.25, 0.3) is 0 Å². The van der Waals surface area contributed by atoms with Crippen LogP contribution in [-0.2, 0) is 13.1 Å². The molecular formula is C19H30N6S. The Morgan fingerprint density at radius 1 is 1.31 bits per heavy atom. The maximum atomic E-state index is 4.87. The topological polar surface area (TPSA) is 48.7 Å². The number of hydrogen-bond donors (Lipinski definition) is 1. The summed E-state index contributed by atoms with van der Waals surface area (Å²) in [4.78, 5) is 14.2. The van der Waals surface area contributed by atoms with Gasteiger partial charge in [-0.1, -0.05) is 13.8 Å². The number of aromatic nitrogens is 2. The maximum Gasteiger partial charge on any atom is 0.194 e. The molecule has 1 saturated heterocycles. The number of rotatable bonds is 6. The zero-order chi connectivity index (χ0) is 18.4. The van der Waals surface area contributed by atoms with Crippen molar-refractivity contribution in [2.45, 2.75) is 33.9 Å². The highest BCUT2D eigenvalue weighted by atomic mass is 32.1. The molecule has 1 N–H and O–H groups in total. The molecule has 0 aliphatic carbocycles. The summed E-state index contributed by atoms with van der Waals surface area (Å²) in [6.45, 7) is 13.1. The largest absolute Gasteiger partial charge is 0.360 e. The number of nitrogens with one attached hydrogen (secondary N) is 1. The van der Waals surface area contributed by atoms with Gasteiger partial charge < -0.3 is 19.7 Å². The highest BCUT2D eigenvalue weighted by molar-refractivity contribution is 7.14. The van der Waals surface area contributed by atoms with Crippen molar-refractivity contribution < 1.29 is 0 Å². The normalized spacial score (nSPS) is 15.8. The second-order valence-corrected chi connectivity index (χ2v) is 7.91. The van der Waals surface area contributed by atoms with Gasteiger partial charge >= 0.3 is 0 Å². The van der Waals surface area contributed by atoms with Crippen molar-refractivity contribution in [1.29, 1.82) is 0 Å². The Kier molecular flexibility index (Phi) is 6.55. The van der Waals surface area contributed by atoms with Crippen molar-refractivity contribution in [2.75, 3.05) is 37.6 Å². The van der Waals surface area contributed by atoms with Gasteiger partial charge in [0.2, 0.25) is 0 Å². The summed E-state index contributed by atoms with van der Waals surface area (Å²) < 4.78 is 2.21. The van der Waals surface area contributed by atoms with Crippen molar-refractivity contribution in [3.63, 3.8) is 0 Å². The standard InChI is InChI=1S/C19H30N6S/c1-4-20-19(22-14-17-21-7-8-25(17)15-16(2)3)24-11-9-23(10-12-24)18-6-5-13-26-18/h5-8,13,16H,4,9-12,14-15H2,1-3H3,(H,20,22). The third kappa shape index (κ3) is 4.78. The Balaban J connectivity index is 1.62. The lowest BCUT2D eigenvalue weighted by Gasteiger charge is -2.37. The highest BCUT2D eigenvalue weighted by Crippen LogP contribution is 2.22. The van der Waals surface area contributed by atoms with E-state index in [9.17, 15) is 0 Å². The van der Waals surface area contributed by atoms with Crippen LogP contribution in [0.15, 0.2) is 34.9 Å². The predicted octanol–water partition coefficient (Wildman–Crippen LogP) is 2.89. The fourth-order valence-electron chi connectivity index (χ4n) is 3.21. The molecule has 0 radical (unpaired) electrons. The molecule has 0 unspecified atom stereocenters. The minimum atomic E-state index is 0.602. The molecule has 0 amide bonds. The molecule has 26 heavy (non-hydrogen) atoms. The summed E-state index contributed by atoms with van der Waals surface area (Å²) >= 11 is 1.81. The third-order valence-electron chi connectivity index (χ3n) is 4.47. The molecule has 1 aliphatic heterocycles. The van der Waals surface area contributed by atoms with Crippen molar-refractivity contribution in [3.05, 3.63) is 35.7 Å². The number of nitrogens with zero attached hydrogens (tertiary/aromatic N) is 5. The molecular weight excluding hydrogens is 344 g/mol. The molecule has 7 heteroatoms. The minimum Gasteiger partial charge on any atom is -0.360 e. The van der Waals surface area contributed by atoms with Crippen LogP contribution in [0.3, 0.4) is 0 Å². The Labute approximate surface area is 160 Å². The van der Waals surface area contributed by atoms with Gasteiger partial charge in [0.1, 0.15) is 12.4 Å². The first-order chi connectivity index (χ1) is 12.7. The summed E-state index contributed by atoms with van der Waals surface area (Å²) in [5.74, 6) is 2.63. The van der Waals surface area contributed by atoms with Gasteiger partial charge in [-0.3, -0.25) is 0 Å². The summed E-state index contributed by atoms with van der Waals surface area (Å²) in [5, 5.41) is 6.96. The van der Waals surface area contributed by atoms with Gasteiger partial charge in [-0.2, -0.15) is 0 Å². The number of anilines is 1. The molecule has 0 saturated carbocycles. The first kappa shape index (κ1) is 18.8. The summed E-state index contributed by atoms with van der Waals surface area (Å²) in [6, 6.07) is 4.32. The molecule has 142 valence electrons. The number of imidazole rings is 1. The summed E-state index contributed by atoms with van der Waals surface area (Å²) in [6.07, 6.45) is 3.93. The second kappa shape index (κ2) is 9.07. The van der Waals surface area contributed by atoms with E-state index in [4.69, 9.17) is 4.99 Å². The Hall–Kier alpha value is -2.02. The molecule has 3 heterocycles. The Bertz CT molecular complexity index is 683. The number of piperazine rings is 1. The van der Waals surface area contributed by atoms with Gasteiger partial charge in [0, 0.05) is 51.7 Å². The van der Waals surface area contributed by atoms with E-state index < -0.39 is 0 Å². The van der Waals surface area contributed by atoms with Crippen molar-refractivity contribution in [3.8, 4) is 0 Å². The molecule has 3 rings (SSSR count).